The van der Waals surface area contributed by atoms with Gasteiger partial charge in [0.25, 0.3) is 5.69 Å². The van der Waals surface area contributed by atoms with Crippen LogP contribution in [0.3, 0.4) is 0 Å². The van der Waals surface area contributed by atoms with E-state index in [1.165, 1.54) is 25.3 Å². The van der Waals surface area contributed by atoms with Crippen molar-refractivity contribution in [1.29, 1.82) is 0 Å². The summed E-state index contributed by atoms with van der Waals surface area (Å²) < 4.78 is 4.81. The molecule has 0 unspecified atom stereocenters. The second-order valence-electron chi connectivity index (χ2n) is 3.12. The maximum atomic E-state index is 10.8. The topological polar surface area (TPSA) is 89.7 Å². The molecule has 1 rings (SSSR count). The van der Waals surface area contributed by atoms with Crippen LogP contribution in [0.2, 0.25) is 0 Å². The highest BCUT2D eigenvalue weighted by molar-refractivity contribution is 5.93. The molecule has 0 bridgehead atoms. The molecule has 0 aliphatic rings. The van der Waals surface area contributed by atoms with Gasteiger partial charge in [0.15, 0.2) is 0 Å². The van der Waals surface area contributed by atoms with E-state index in [9.17, 15) is 14.9 Å². The minimum absolute atomic E-state index is 0.293. The second kappa shape index (κ2) is 5.22. The van der Waals surface area contributed by atoms with E-state index < -0.39 is 10.9 Å². The quantitative estimate of drug-likeness (QED) is 0.605. The number of ether oxygens (including phenoxy) is 1. The van der Waals surface area contributed by atoms with Gasteiger partial charge in [-0.25, -0.2) is 4.79 Å². The molecular formula is C10H11NO5. The molecule has 0 saturated carbocycles. The number of para-hydroxylation sites is 1. The number of benzene rings is 1. The highest BCUT2D eigenvalue weighted by Gasteiger charge is 2.23. The van der Waals surface area contributed by atoms with Crippen molar-refractivity contribution in [2.45, 2.75) is 6.42 Å². The van der Waals surface area contributed by atoms with E-state index in [-0.39, 0.29) is 11.3 Å². The highest BCUT2D eigenvalue weighted by Crippen LogP contribution is 2.24. The van der Waals surface area contributed by atoms with E-state index in [4.69, 9.17) is 9.84 Å². The molecule has 0 fully saturated rings. The van der Waals surface area contributed by atoms with Crippen LogP contribution < -0.4 is 0 Å². The molecule has 6 heteroatoms. The van der Waals surface area contributed by atoms with Crippen molar-refractivity contribution >= 4 is 11.7 Å². The summed E-state index contributed by atoms with van der Waals surface area (Å²) in [6.45, 7) is 0.309. The van der Waals surface area contributed by atoms with Crippen LogP contribution in [0.25, 0.3) is 0 Å². The molecule has 0 amide bonds. The lowest BCUT2D eigenvalue weighted by atomic mass is 10.1. The number of hydrogen-bond donors (Lipinski definition) is 1. The molecule has 0 aromatic heterocycles. The number of rotatable bonds is 5. The van der Waals surface area contributed by atoms with Gasteiger partial charge in [0.2, 0.25) is 0 Å². The summed E-state index contributed by atoms with van der Waals surface area (Å²) in [6.07, 6.45) is 0.313. The molecule has 0 heterocycles. The molecule has 1 aromatic carbocycles. The Hall–Kier alpha value is -1.95. The first-order valence-corrected chi connectivity index (χ1v) is 4.56. The van der Waals surface area contributed by atoms with Gasteiger partial charge in [-0.15, -0.1) is 0 Å². The average Bonchev–Trinajstić information content (AvgIpc) is 2.25. The monoisotopic (exact) mass is 225 g/mol. The fourth-order valence-corrected chi connectivity index (χ4v) is 1.39. The molecule has 16 heavy (non-hydrogen) atoms. The van der Waals surface area contributed by atoms with Crippen LogP contribution in [0.15, 0.2) is 18.2 Å². The molecule has 0 aliphatic carbocycles. The zero-order valence-electron chi connectivity index (χ0n) is 8.67. The van der Waals surface area contributed by atoms with E-state index in [0.717, 1.165) is 0 Å². The molecule has 0 radical (unpaired) electrons. The van der Waals surface area contributed by atoms with E-state index in [0.29, 0.717) is 18.6 Å². The van der Waals surface area contributed by atoms with Gasteiger partial charge in [-0.2, -0.15) is 0 Å². The molecule has 0 aliphatic heterocycles. The summed E-state index contributed by atoms with van der Waals surface area (Å²) in [7, 11) is 1.48. The SMILES string of the molecule is COCCc1cccc(C(=O)O)c1[N+](=O)[O-]. The first-order valence-electron chi connectivity index (χ1n) is 4.56. The van der Waals surface area contributed by atoms with Gasteiger partial charge in [-0.3, -0.25) is 10.1 Å². The van der Waals surface area contributed by atoms with E-state index in [1.807, 2.05) is 0 Å². The van der Waals surface area contributed by atoms with Crippen LogP contribution in [0.4, 0.5) is 5.69 Å². The predicted octanol–water partition coefficient (Wildman–Crippen LogP) is 1.48. The van der Waals surface area contributed by atoms with Gasteiger partial charge in [-0.05, 0) is 6.07 Å². The van der Waals surface area contributed by atoms with Gasteiger partial charge in [-0.1, -0.05) is 12.1 Å². The maximum Gasteiger partial charge on any atom is 0.342 e. The van der Waals surface area contributed by atoms with Gasteiger partial charge < -0.3 is 9.84 Å². The minimum atomic E-state index is -1.30. The molecule has 0 saturated heterocycles. The average molecular weight is 225 g/mol. The molecule has 0 atom stereocenters. The number of carbonyl (C=O) groups is 1. The molecule has 0 spiro atoms. The number of nitrogens with zero attached hydrogens (tertiary/aromatic N) is 1. The fraction of sp³-hybridized carbons (Fsp3) is 0.300. The van der Waals surface area contributed by atoms with Crippen LogP contribution in [-0.2, 0) is 11.2 Å². The zero-order valence-corrected chi connectivity index (χ0v) is 8.67. The van der Waals surface area contributed by atoms with Crippen molar-refractivity contribution in [3.05, 3.63) is 39.4 Å². The number of carboxylic acids is 1. The lowest BCUT2D eigenvalue weighted by Gasteiger charge is -2.04. The molecule has 1 aromatic rings. The van der Waals surface area contributed by atoms with Gasteiger partial charge in [0.1, 0.15) is 5.56 Å². The van der Waals surface area contributed by atoms with Crippen molar-refractivity contribution in [3.8, 4) is 0 Å². The summed E-state index contributed by atoms with van der Waals surface area (Å²) in [4.78, 5) is 21.0. The van der Waals surface area contributed by atoms with Crippen LogP contribution in [0.5, 0.6) is 0 Å². The Morgan fingerprint density at radius 1 is 1.56 bits per heavy atom. The number of nitro benzene ring substituents is 1. The second-order valence-corrected chi connectivity index (χ2v) is 3.12. The fourth-order valence-electron chi connectivity index (χ4n) is 1.39. The number of nitro groups is 1. The van der Waals surface area contributed by atoms with Crippen molar-refractivity contribution < 1.29 is 19.6 Å². The van der Waals surface area contributed by atoms with E-state index in [2.05, 4.69) is 0 Å². The minimum Gasteiger partial charge on any atom is -0.477 e. The summed E-state index contributed by atoms with van der Waals surface area (Å²) in [5.41, 5.74) is -0.280. The van der Waals surface area contributed by atoms with Gasteiger partial charge in [0, 0.05) is 19.1 Å². The van der Waals surface area contributed by atoms with E-state index in [1.54, 1.807) is 0 Å². The third-order valence-electron chi connectivity index (χ3n) is 2.11. The standard InChI is InChI=1S/C10H11NO5/c1-16-6-5-7-3-2-4-8(10(12)13)9(7)11(14)15/h2-4H,5-6H2,1H3,(H,12,13). The third kappa shape index (κ3) is 2.54. The van der Waals surface area contributed by atoms with Crippen molar-refractivity contribution in [2.24, 2.45) is 0 Å². The van der Waals surface area contributed by atoms with Crippen molar-refractivity contribution in [2.75, 3.05) is 13.7 Å². The largest absolute Gasteiger partial charge is 0.477 e. The zero-order chi connectivity index (χ0) is 12.1. The summed E-state index contributed by atoms with van der Waals surface area (Å²) in [5, 5.41) is 19.6. The van der Waals surface area contributed by atoms with Crippen LogP contribution in [0, 0.1) is 10.1 Å². The highest BCUT2D eigenvalue weighted by atomic mass is 16.6. The Morgan fingerprint density at radius 3 is 2.75 bits per heavy atom. The number of methoxy groups -OCH3 is 1. The molecule has 86 valence electrons. The lowest BCUT2D eigenvalue weighted by molar-refractivity contribution is -0.385. The Morgan fingerprint density at radius 2 is 2.25 bits per heavy atom. The first kappa shape index (κ1) is 12.1. The Kier molecular flexibility index (Phi) is 3.96. The van der Waals surface area contributed by atoms with Crippen molar-refractivity contribution in [1.82, 2.24) is 0 Å². The molecule has 6 nitrogen and oxygen atoms in total. The number of hydrogen-bond acceptors (Lipinski definition) is 4. The summed E-state index contributed by atoms with van der Waals surface area (Å²) in [5.74, 6) is -1.30. The lowest BCUT2D eigenvalue weighted by Crippen LogP contribution is -2.07. The Labute approximate surface area is 91.6 Å². The maximum absolute atomic E-state index is 10.8. The Bertz CT molecular complexity index is 416. The van der Waals surface area contributed by atoms with Gasteiger partial charge in [0.05, 0.1) is 11.5 Å². The van der Waals surface area contributed by atoms with Crippen LogP contribution >= 0.6 is 0 Å². The summed E-state index contributed by atoms with van der Waals surface area (Å²) >= 11 is 0. The number of aromatic carboxylic acids is 1. The first-order chi connectivity index (χ1) is 7.57. The van der Waals surface area contributed by atoms with Crippen LogP contribution in [0.1, 0.15) is 15.9 Å². The number of carboxylic acid groups (broad SMARTS) is 1. The third-order valence-corrected chi connectivity index (χ3v) is 2.11. The van der Waals surface area contributed by atoms with Crippen molar-refractivity contribution in [3.63, 3.8) is 0 Å². The normalized spacial score (nSPS) is 10.1. The Balaban J connectivity index is 3.21. The van der Waals surface area contributed by atoms with E-state index >= 15 is 0 Å². The molecular weight excluding hydrogens is 214 g/mol. The van der Waals surface area contributed by atoms with Gasteiger partial charge >= 0.3 is 5.97 Å². The predicted molar refractivity (Wildman–Crippen MR) is 55.6 cm³/mol. The summed E-state index contributed by atoms with van der Waals surface area (Å²) in [6, 6.07) is 4.24. The smallest absolute Gasteiger partial charge is 0.342 e. The van der Waals surface area contributed by atoms with Crippen LogP contribution in [-0.4, -0.2) is 29.7 Å². The molecule has 1 N–H and O–H groups in total.